The Labute approximate surface area is 217 Å². The maximum atomic E-state index is 12.3. The Hall–Kier alpha value is -2.38. The maximum Gasteiger partial charge on any atom is 0.410 e. The number of terminal acetylenes is 1. The van der Waals surface area contributed by atoms with E-state index >= 15 is 0 Å². The van der Waals surface area contributed by atoms with E-state index in [2.05, 4.69) is 34.1 Å². The molecular weight excluding hydrogens is 472 g/mol. The van der Waals surface area contributed by atoms with Gasteiger partial charge in [0.05, 0.1) is 12.6 Å². The fourth-order valence-electron chi connectivity index (χ4n) is 4.49. The Morgan fingerprint density at radius 3 is 2.53 bits per heavy atom. The second kappa shape index (κ2) is 12.7. The Morgan fingerprint density at radius 2 is 1.89 bits per heavy atom. The van der Waals surface area contributed by atoms with Gasteiger partial charge in [0, 0.05) is 25.2 Å². The lowest BCUT2D eigenvalue weighted by atomic mass is 10.0. The molecule has 36 heavy (non-hydrogen) atoms. The van der Waals surface area contributed by atoms with Crippen LogP contribution < -0.4 is 5.48 Å². The third-order valence-corrected chi connectivity index (χ3v) is 9.09. The van der Waals surface area contributed by atoms with E-state index < -0.39 is 14.1 Å². The molecule has 0 aliphatic carbocycles. The number of aliphatic imine (C=N–C) groups is 1. The summed E-state index contributed by atoms with van der Waals surface area (Å²) in [5, 5.41) is 0. The van der Waals surface area contributed by atoms with Crippen LogP contribution in [0.3, 0.4) is 0 Å². The summed E-state index contributed by atoms with van der Waals surface area (Å²) in [7, 11) is -2.31. The first kappa shape index (κ1) is 28.2. The zero-order chi connectivity index (χ0) is 26.2. The van der Waals surface area contributed by atoms with E-state index in [1.54, 1.807) is 11.3 Å². The van der Waals surface area contributed by atoms with Crippen molar-refractivity contribution in [2.75, 3.05) is 19.6 Å². The van der Waals surface area contributed by atoms with Gasteiger partial charge < -0.3 is 18.6 Å². The Kier molecular flexibility index (Phi) is 9.97. The molecule has 0 unspecified atom stereocenters. The normalized spacial score (nSPS) is 22.4. The molecule has 0 radical (unpaired) electrons. The smallest absolute Gasteiger partial charge is 0.410 e. The average Bonchev–Trinajstić information content (AvgIpc) is 2.84. The van der Waals surface area contributed by atoms with E-state index in [9.17, 15) is 4.79 Å². The zero-order valence-electron chi connectivity index (χ0n) is 22.4. The largest absolute Gasteiger partial charge is 0.670 e. The lowest BCUT2D eigenvalue weighted by Crippen LogP contribution is -2.62. The fourth-order valence-corrected chi connectivity index (χ4v) is 6.56. The minimum atomic E-state index is -2.31. The first-order valence-corrected chi connectivity index (χ1v) is 15.7. The minimum absolute atomic E-state index is 0.0457. The maximum absolute atomic E-state index is 12.3. The number of hydrogen-bond donors (Lipinski definition) is 1. The Balaban J connectivity index is 1.47. The van der Waals surface area contributed by atoms with Gasteiger partial charge in [-0.1, -0.05) is 36.3 Å². The summed E-state index contributed by atoms with van der Waals surface area (Å²) in [5.41, 5.74) is 3.88. The van der Waals surface area contributed by atoms with Crippen LogP contribution >= 0.6 is 0 Å². The topological polar surface area (TPSA) is 75.6 Å². The monoisotopic (exact) mass is 514 g/mol. The SMILES string of the molecule is C#C[C@@H]1CC[C@@H](NOCc2ccccc2)CN1[Si-](C)(C)OC=NC1CCN(C(=O)OC(C)(C)C)CC1. The standard InChI is InChI=1S/C27H42N4O4Si/c1-7-25-14-13-24(29-33-20-22-11-9-8-10-12-22)19-31(25)36(5,6)34-21-28-23-15-17-30(18-16-23)26(32)35-27(2,3)4/h1,8-12,21,23-25,29H,13-20H2,2-6H3/q-1/t24-,25-/m1/s1. The third-order valence-electron chi connectivity index (χ3n) is 6.53. The van der Waals surface area contributed by atoms with Gasteiger partial charge in [0.15, 0.2) is 0 Å². The molecule has 0 spiro atoms. The van der Waals surface area contributed by atoms with E-state index in [4.69, 9.17) is 20.4 Å². The van der Waals surface area contributed by atoms with Crippen LogP contribution in [0.1, 0.15) is 52.0 Å². The van der Waals surface area contributed by atoms with Crippen LogP contribution in [-0.4, -0.2) is 73.8 Å². The van der Waals surface area contributed by atoms with Gasteiger partial charge in [0.2, 0.25) is 0 Å². The minimum Gasteiger partial charge on any atom is -0.670 e. The molecule has 2 atom stereocenters. The summed E-state index contributed by atoms with van der Waals surface area (Å²) in [4.78, 5) is 24.5. The summed E-state index contributed by atoms with van der Waals surface area (Å²) in [5.74, 6) is 2.95. The number of hydroxylamine groups is 1. The van der Waals surface area contributed by atoms with E-state index in [0.717, 1.165) is 37.8 Å². The van der Waals surface area contributed by atoms with Crippen molar-refractivity contribution in [3.05, 3.63) is 35.9 Å². The molecule has 0 saturated carbocycles. The van der Waals surface area contributed by atoms with Gasteiger partial charge in [-0.05, 0) is 58.6 Å². The van der Waals surface area contributed by atoms with Crippen LogP contribution in [0.5, 0.6) is 0 Å². The van der Waals surface area contributed by atoms with Gasteiger partial charge in [-0.2, -0.15) is 5.48 Å². The van der Waals surface area contributed by atoms with E-state index in [-0.39, 0.29) is 24.2 Å². The summed E-state index contributed by atoms with van der Waals surface area (Å²) in [6.07, 6.45) is 10.7. The number of carbonyl (C=O) groups is 1. The summed E-state index contributed by atoms with van der Waals surface area (Å²) in [6, 6.07) is 10.5. The van der Waals surface area contributed by atoms with E-state index in [0.29, 0.717) is 19.7 Å². The Bertz CT molecular complexity index is 905. The van der Waals surface area contributed by atoms with Crippen molar-refractivity contribution in [2.45, 2.75) is 89.9 Å². The molecule has 9 heteroatoms. The van der Waals surface area contributed by atoms with Crippen molar-refractivity contribution in [1.29, 1.82) is 0 Å². The molecule has 3 rings (SSSR count). The lowest BCUT2D eigenvalue weighted by Gasteiger charge is -2.53. The first-order chi connectivity index (χ1) is 17.1. The number of ether oxygens (including phenoxy) is 1. The van der Waals surface area contributed by atoms with Crippen molar-refractivity contribution in [3.8, 4) is 12.3 Å². The molecule has 199 valence electrons. The van der Waals surface area contributed by atoms with Crippen molar-refractivity contribution in [2.24, 2.45) is 4.99 Å². The van der Waals surface area contributed by atoms with Crippen LogP contribution in [0.15, 0.2) is 35.3 Å². The molecule has 0 aromatic heterocycles. The summed E-state index contributed by atoms with van der Waals surface area (Å²) in [6.45, 7) is 12.5. The highest BCUT2D eigenvalue weighted by Crippen LogP contribution is 2.25. The highest BCUT2D eigenvalue weighted by atomic mass is 28.4. The number of benzene rings is 1. The highest BCUT2D eigenvalue weighted by molar-refractivity contribution is 6.69. The number of rotatable bonds is 8. The molecule has 2 aliphatic heterocycles. The number of likely N-dealkylation sites (tertiary alicyclic amines) is 1. The quantitative estimate of drug-likeness (QED) is 0.183. The van der Waals surface area contributed by atoms with Gasteiger partial charge in [0.1, 0.15) is 20.5 Å². The predicted molar refractivity (Wildman–Crippen MR) is 145 cm³/mol. The lowest BCUT2D eigenvalue weighted by molar-refractivity contribution is -0.0121. The molecule has 2 saturated heterocycles. The zero-order valence-corrected chi connectivity index (χ0v) is 23.4. The molecule has 8 nitrogen and oxygen atoms in total. The van der Waals surface area contributed by atoms with Crippen LogP contribution in [0.2, 0.25) is 13.1 Å². The third kappa shape index (κ3) is 8.63. The van der Waals surface area contributed by atoms with Crippen molar-refractivity contribution < 1.29 is 18.8 Å². The van der Waals surface area contributed by atoms with Crippen LogP contribution in [-0.2, 0) is 20.6 Å². The van der Waals surface area contributed by atoms with Gasteiger partial charge in [-0.25, -0.2) is 4.79 Å². The number of carbonyl (C=O) groups excluding carboxylic acids is 1. The fraction of sp³-hybridized carbons (Fsp3) is 0.630. The van der Waals surface area contributed by atoms with Gasteiger partial charge in [-0.3, -0.25) is 9.83 Å². The van der Waals surface area contributed by atoms with Gasteiger partial charge in [0.25, 0.3) is 0 Å². The molecule has 1 aromatic rings. The summed E-state index contributed by atoms with van der Waals surface area (Å²) >= 11 is 0. The molecule has 2 aliphatic rings. The molecule has 2 fully saturated rings. The van der Waals surface area contributed by atoms with Crippen molar-refractivity contribution >= 4 is 21.0 Å². The van der Waals surface area contributed by atoms with Gasteiger partial charge >= 0.3 is 6.09 Å². The highest BCUT2D eigenvalue weighted by Gasteiger charge is 2.32. The van der Waals surface area contributed by atoms with Crippen LogP contribution in [0.4, 0.5) is 4.79 Å². The number of nitrogens with one attached hydrogen (secondary N) is 1. The van der Waals surface area contributed by atoms with E-state index in [1.807, 2.05) is 51.1 Å². The van der Waals surface area contributed by atoms with E-state index in [1.165, 1.54) is 0 Å². The second-order valence-electron chi connectivity index (χ2n) is 11.0. The number of nitrogens with zero attached hydrogens (tertiary/aromatic N) is 3. The second-order valence-corrected chi connectivity index (χ2v) is 14.7. The first-order valence-electron chi connectivity index (χ1n) is 12.9. The van der Waals surface area contributed by atoms with Crippen molar-refractivity contribution in [1.82, 2.24) is 14.9 Å². The molecular formula is C27H42N4O4Si-. The molecule has 1 amide bonds. The number of hydrogen-bond acceptors (Lipinski definition) is 7. The average molecular weight is 515 g/mol. The number of piperidine rings is 2. The summed E-state index contributed by atoms with van der Waals surface area (Å²) < 4.78 is 14.1. The molecule has 2 heterocycles. The Morgan fingerprint density at radius 1 is 1.19 bits per heavy atom. The van der Waals surface area contributed by atoms with Gasteiger partial charge in [-0.15, -0.1) is 19.5 Å². The molecule has 1 aromatic carbocycles. The number of amides is 1. The molecule has 0 bridgehead atoms. The molecule has 1 N–H and O–H groups in total. The van der Waals surface area contributed by atoms with Crippen LogP contribution in [0, 0.1) is 12.3 Å². The van der Waals surface area contributed by atoms with Crippen molar-refractivity contribution in [3.63, 3.8) is 0 Å². The van der Waals surface area contributed by atoms with Crippen LogP contribution in [0.25, 0.3) is 0 Å². The predicted octanol–water partition coefficient (Wildman–Crippen LogP) is 4.32.